The van der Waals surface area contributed by atoms with Crippen LogP contribution < -0.4 is 4.74 Å². The zero-order chi connectivity index (χ0) is 13.7. The standard InChI is InChI=1S/C15H11NO3/c1-18-13-5-2-4-11(9-13)8-12(10-16)15(17)14-6-3-7-19-14/h2-9H,1H3/b12-8+. The maximum atomic E-state index is 12.0. The first-order valence-corrected chi connectivity index (χ1v) is 5.58. The van der Waals surface area contributed by atoms with Gasteiger partial charge in [-0.1, -0.05) is 12.1 Å². The lowest BCUT2D eigenvalue weighted by Gasteiger charge is -2.01. The zero-order valence-corrected chi connectivity index (χ0v) is 10.3. The summed E-state index contributed by atoms with van der Waals surface area (Å²) in [4.78, 5) is 12.0. The fraction of sp³-hybridized carbons (Fsp3) is 0.0667. The highest BCUT2D eigenvalue weighted by Crippen LogP contribution is 2.17. The number of ether oxygens (including phenoxy) is 1. The number of carbonyl (C=O) groups excluding carboxylic acids is 1. The number of hydrogen-bond donors (Lipinski definition) is 0. The second-order valence-corrected chi connectivity index (χ2v) is 3.75. The van der Waals surface area contributed by atoms with Gasteiger partial charge in [-0.25, -0.2) is 0 Å². The molecule has 0 saturated carbocycles. The smallest absolute Gasteiger partial charge is 0.238 e. The molecule has 0 unspecified atom stereocenters. The SMILES string of the molecule is COc1cccc(/C=C(\C#N)C(=O)c2ccco2)c1. The minimum absolute atomic E-state index is 0.0169. The first-order valence-electron chi connectivity index (χ1n) is 5.58. The number of allylic oxidation sites excluding steroid dienone is 1. The van der Waals surface area contributed by atoms with Gasteiger partial charge in [-0.2, -0.15) is 5.26 Å². The number of furan rings is 1. The number of nitrogens with zero attached hydrogens (tertiary/aromatic N) is 1. The van der Waals surface area contributed by atoms with Crippen LogP contribution in [-0.2, 0) is 0 Å². The molecule has 0 fully saturated rings. The first-order chi connectivity index (χ1) is 9.24. The Morgan fingerprint density at radius 2 is 2.21 bits per heavy atom. The average molecular weight is 253 g/mol. The van der Waals surface area contributed by atoms with Crippen LogP contribution in [0.4, 0.5) is 0 Å². The molecule has 1 heterocycles. The van der Waals surface area contributed by atoms with E-state index >= 15 is 0 Å². The van der Waals surface area contributed by atoms with Gasteiger partial charge in [0.1, 0.15) is 17.4 Å². The number of methoxy groups -OCH3 is 1. The largest absolute Gasteiger partial charge is 0.497 e. The van der Waals surface area contributed by atoms with Crippen molar-refractivity contribution in [2.24, 2.45) is 0 Å². The lowest BCUT2D eigenvalue weighted by atomic mass is 10.1. The van der Waals surface area contributed by atoms with E-state index in [1.807, 2.05) is 6.07 Å². The fourth-order valence-electron chi connectivity index (χ4n) is 1.59. The van der Waals surface area contributed by atoms with E-state index in [2.05, 4.69) is 0 Å². The molecule has 0 atom stereocenters. The van der Waals surface area contributed by atoms with Crippen molar-refractivity contribution >= 4 is 11.9 Å². The van der Waals surface area contributed by atoms with Gasteiger partial charge in [-0.15, -0.1) is 0 Å². The van der Waals surface area contributed by atoms with E-state index in [0.717, 1.165) is 5.56 Å². The molecule has 2 aromatic rings. The molecule has 1 aromatic heterocycles. The third-order valence-electron chi connectivity index (χ3n) is 2.51. The van der Waals surface area contributed by atoms with E-state index in [4.69, 9.17) is 14.4 Å². The van der Waals surface area contributed by atoms with Crippen molar-refractivity contribution in [3.8, 4) is 11.8 Å². The Kier molecular flexibility index (Phi) is 3.79. The van der Waals surface area contributed by atoms with E-state index in [-0.39, 0.29) is 11.3 Å². The molecule has 0 saturated heterocycles. The van der Waals surface area contributed by atoms with Gasteiger partial charge in [0.2, 0.25) is 5.78 Å². The maximum absolute atomic E-state index is 12.0. The van der Waals surface area contributed by atoms with Crippen LogP contribution in [0.5, 0.6) is 5.75 Å². The van der Waals surface area contributed by atoms with Gasteiger partial charge in [0.05, 0.1) is 13.4 Å². The Labute approximate surface area is 110 Å². The lowest BCUT2D eigenvalue weighted by molar-refractivity contribution is 0.101. The van der Waals surface area contributed by atoms with Gasteiger partial charge in [0.25, 0.3) is 0 Å². The molecule has 4 nitrogen and oxygen atoms in total. The molecule has 0 aliphatic heterocycles. The van der Waals surface area contributed by atoms with Crippen LogP contribution >= 0.6 is 0 Å². The molecule has 0 radical (unpaired) electrons. The number of carbonyl (C=O) groups is 1. The summed E-state index contributed by atoms with van der Waals surface area (Å²) in [6, 6.07) is 12.1. The lowest BCUT2D eigenvalue weighted by Crippen LogP contribution is -2.00. The Bertz CT molecular complexity index is 648. The topological polar surface area (TPSA) is 63.2 Å². The molecular weight excluding hydrogens is 242 g/mol. The molecule has 0 bridgehead atoms. The fourth-order valence-corrected chi connectivity index (χ4v) is 1.59. The summed E-state index contributed by atoms with van der Waals surface area (Å²) in [5.41, 5.74) is 0.735. The summed E-state index contributed by atoms with van der Waals surface area (Å²) in [6.07, 6.45) is 2.90. The predicted octanol–water partition coefficient (Wildman–Crippen LogP) is 3.08. The molecular formula is C15H11NO3. The van der Waals surface area contributed by atoms with Crippen LogP contribution in [0.2, 0.25) is 0 Å². The third kappa shape index (κ3) is 2.90. The predicted molar refractivity (Wildman–Crippen MR) is 69.6 cm³/mol. The summed E-state index contributed by atoms with van der Waals surface area (Å²) in [7, 11) is 1.56. The highest BCUT2D eigenvalue weighted by atomic mass is 16.5. The van der Waals surface area contributed by atoms with E-state index in [1.54, 1.807) is 37.4 Å². The molecule has 2 rings (SSSR count). The van der Waals surface area contributed by atoms with Crippen molar-refractivity contribution in [2.45, 2.75) is 0 Å². The van der Waals surface area contributed by atoms with Gasteiger partial charge >= 0.3 is 0 Å². The number of nitriles is 1. The van der Waals surface area contributed by atoms with Crippen molar-refractivity contribution in [3.05, 3.63) is 59.6 Å². The van der Waals surface area contributed by atoms with Crippen molar-refractivity contribution in [1.82, 2.24) is 0 Å². The quantitative estimate of drug-likeness (QED) is 0.477. The van der Waals surface area contributed by atoms with Crippen molar-refractivity contribution in [1.29, 1.82) is 5.26 Å². The monoisotopic (exact) mass is 253 g/mol. The molecule has 0 aliphatic carbocycles. The number of benzene rings is 1. The Morgan fingerprint density at radius 1 is 1.37 bits per heavy atom. The van der Waals surface area contributed by atoms with Gasteiger partial charge in [-0.3, -0.25) is 4.79 Å². The van der Waals surface area contributed by atoms with Crippen LogP contribution in [0.3, 0.4) is 0 Å². The Morgan fingerprint density at radius 3 is 2.84 bits per heavy atom. The van der Waals surface area contributed by atoms with E-state index in [1.165, 1.54) is 18.4 Å². The number of rotatable bonds is 4. The summed E-state index contributed by atoms with van der Waals surface area (Å²) >= 11 is 0. The third-order valence-corrected chi connectivity index (χ3v) is 2.51. The second kappa shape index (κ2) is 5.69. The van der Waals surface area contributed by atoms with E-state index in [0.29, 0.717) is 5.75 Å². The molecule has 0 amide bonds. The van der Waals surface area contributed by atoms with Crippen LogP contribution in [-0.4, -0.2) is 12.9 Å². The number of ketones is 1. The molecule has 94 valence electrons. The minimum Gasteiger partial charge on any atom is -0.497 e. The van der Waals surface area contributed by atoms with Gasteiger partial charge in [0.15, 0.2) is 5.76 Å². The summed E-state index contributed by atoms with van der Waals surface area (Å²) in [5, 5.41) is 9.07. The second-order valence-electron chi connectivity index (χ2n) is 3.75. The first kappa shape index (κ1) is 12.7. The molecule has 4 heteroatoms. The van der Waals surface area contributed by atoms with Crippen molar-refractivity contribution < 1.29 is 13.9 Å². The van der Waals surface area contributed by atoms with Crippen LogP contribution in [0.25, 0.3) is 6.08 Å². The maximum Gasteiger partial charge on any atom is 0.238 e. The summed E-state index contributed by atoms with van der Waals surface area (Å²) in [6.45, 7) is 0. The van der Waals surface area contributed by atoms with E-state index < -0.39 is 5.78 Å². The molecule has 0 aliphatic rings. The summed E-state index contributed by atoms with van der Waals surface area (Å²) in [5.74, 6) is 0.377. The molecule has 0 N–H and O–H groups in total. The number of hydrogen-bond acceptors (Lipinski definition) is 4. The molecule has 19 heavy (non-hydrogen) atoms. The van der Waals surface area contributed by atoms with Gasteiger partial charge in [-0.05, 0) is 35.9 Å². The van der Waals surface area contributed by atoms with Crippen molar-refractivity contribution in [2.75, 3.05) is 7.11 Å². The molecule has 1 aromatic carbocycles. The zero-order valence-electron chi connectivity index (χ0n) is 10.3. The molecule has 0 spiro atoms. The van der Waals surface area contributed by atoms with Gasteiger partial charge in [0, 0.05) is 0 Å². The van der Waals surface area contributed by atoms with Crippen LogP contribution in [0.1, 0.15) is 16.1 Å². The highest BCUT2D eigenvalue weighted by Gasteiger charge is 2.14. The summed E-state index contributed by atoms with van der Waals surface area (Å²) < 4.78 is 10.1. The van der Waals surface area contributed by atoms with Gasteiger partial charge < -0.3 is 9.15 Å². The Balaban J connectivity index is 2.34. The van der Waals surface area contributed by atoms with Crippen LogP contribution in [0.15, 0.2) is 52.7 Å². The van der Waals surface area contributed by atoms with Crippen LogP contribution in [0, 0.1) is 11.3 Å². The normalized spacial score (nSPS) is 10.8. The Hall–Kier alpha value is -2.80. The number of Topliss-reactive ketones (excluding diaryl/α,β-unsaturated/α-hetero) is 1. The van der Waals surface area contributed by atoms with Crippen molar-refractivity contribution in [3.63, 3.8) is 0 Å². The highest BCUT2D eigenvalue weighted by molar-refractivity contribution is 6.12. The minimum atomic E-state index is -0.435. The average Bonchev–Trinajstić information content (AvgIpc) is 2.98. The van der Waals surface area contributed by atoms with E-state index in [9.17, 15) is 4.79 Å².